The molecule has 5 nitrogen and oxygen atoms in total. The van der Waals surface area contributed by atoms with Gasteiger partial charge in [0.05, 0.1) is 10.2 Å². The van der Waals surface area contributed by atoms with Crippen LogP contribution < -0.4 is 4.72 Å². The lowest BCUT2D eigenvalue weighted by atomic mass is 10.3. The van der Waals surface area contributed by atoms with Crippen molar-refractivity contribution in [3.63, 3.8) is 0 Å². The molecular formula is C11H7BrN2O3S2. The molecular weight excluding hydrogens is 352 g/mol. The Morgan fingerprint density at radius 3 is 2.68 bits per heavy atom. The van der Waals surface area contributed by atoms with Crippen LogP contribution in [0.15, 0.2) is 39.0 Å². The molecule has 0 saturated heterocycles. The van der Waals surface area contributed by atoms with E-state index in [0.717, 1.165) is 11.3 Å². The number of nitrogens with zero attached hydrogens (tertiary/aromatic N) is 1. The highest BCUT2D eigenvalue weighted by atomic mass is 79.9. The molecule has 0 radical (unpaired) electrons. The number of aromatic hydroxyl groups is 1. The Hall–Kier alpha value is -1.56. The summed E-state index contributed by atoms with van der Waals surface area (Å²) < 4.78 is 26.8. The van der Waals surface area contributed by atoms with Gasteiger partial charge in [0.1, 0.15) is 15.2 Å². The lowest BCUT2D eigenvalue weighted by Crippen LogP contribution is -2.11. The Morgan fingerprint density at radius 1 is 1.32 bits per heavy atom. The van der Waals surface area contributed by atoms with E-state index in [4.69, 9.17) is 5.26 Å². The second-order valence-corrected chi connectivity index (χ2v) is 7.32. The minimum atomic E-state index is -3.81. The minimum Gasteiger partial charge on any atom is -0.505 e. The van der Waals surface area contributed by atoms with Crippen LogP contribution in [0, 0.1) is 11.3 Å². The summed E-state index contributed by atoms with van der Waals surface area (Å²) in [6.45, 7) is 0. The van der Waals surface area contributed by atoms with Crippen molar-refractivity contribution >= 4 is 43.0 Å². The average molecular weight is 359 g/mol. The number of nitriles is 1. The van der Waals surface area contributed by atoms with Crippen LogP contribution in [0.4, 0.5) is 5.69 Å². The van der Waals surface area contributed by atoms with Crippen LogP contribution in [0.1, 0.15) is 4.88 Å². The van der Waals surface area contributed by atoms with E-state index in [1.807, 2.05) is 6.07 Å². The van der Waals surface area contributed by atoms with Crippen LogP contribution in [0.3, 0.4) is 0 Å². The number of hydrogen-bond donors (Lipinski definition) is 2. The van der Waals surface area contributed by atoms with Gasteiger partial charge < -0.3 is 5.11 Å². The van der Waals surface area contributed by atoms with Crippen LogP contribution in [-0.2, 0) is 10.0 Å². The number of thiophene rings is 1. The first-order chi connectivity index (χ1) is 8.94. The van der Waals surface area contributed by atoms with Crippen molar-refractivity contribution in [2.24, 2.45) is 0 Å². The molecule has 0 atom stereocenters. The molecule has 0 unspecified atom stereocenters. The molecule has 1 heterocycles. The highest BCUT2D eigenvalue weighted by Gasteiger charge is 2.19. The van der Waals surface area contributed by atoms with Crippen molar-refractivity contribution in [1.82, 2.24) is 0 Å². The largest absolute Gasteiger partial charge is 0.505 e. The second-order valence-electron chi connectivity index (χ2n) is 3.47. The molecule has 0 fully saturated rings. The summed E-state index contributed by atoms with van der Waals surface area (Å²) in [7, 11) is -3.81. The van der Waals surface area contributed by atoms with Crippen LogP contribution in [0.2, 0.25) is 0 Å². The maximum Gasteiger partial charge on any atom is 0.271 e. The lowest BCUT2D eigenvalue weighted by Gasteiger charge is -2.08. The monoisotopic (exact) mass is 358 g/mol. The molecule has 8 heteroatoms. The van der Waals surface area contributed by atoms with Crippen LogP contribution >= 0.6 is 27.3 Å². The minimum absolute atomic E-state index is 0.0171. The first-order valence-corrected chi connectivity index (χ1v) is 8.03. The number of halogens is 1. The van der Waals surface area contributed by atoms with E-state index >= 15 is 0 Å². The number of rotatable bonds is 3. The third kappa shape index (κ3) is 2.89. The molecule has 19 heavy (non-hydrogen) atoms. The summed E-state index contributed by atoms with van der Waals surface area (Å²) in [4.78, 5) is 0.304. The number of para-hydroxylation sites is 1. The van der Waals surface area contributed by atoms with Gasteiger partial charge in [-0.1, -0.05) is 6.07 Å². The Bertz CT molecular complexity index is 762. The van der Waals surface area contributed by atoms with Crippen LogP contribution in [0.5, 0.6) is 5.75 Å². The zero-order valence-electron chi connectivity index (χ0n) is 9.29. The number of benzene rings is 1. The van der Waals surface area contributed by atoms with Gasteiger partial charge in [-0.05, 0) is 40.2 Å². The number of sulfonamides is 1. The predicted octanol–water partition coefficient (Wildman–Crippen LogP) is 2.89. The molecule has 0 amide bonds. The summed E-state index contributed by atoms with van der Waals surface area (Å²) in [5, 5.41) is 18.4. The molecule has 1 aromatic carbocycles. The summed E-state index contributed by atoms with van der Waals surface area (Å²) in [6, 6.07) is 9.28. The van der Waals surface area contributed by atoms with Crippen LogP contribution in [-0.4, -0.2) is 13.5 Å². The molecule has 2 rings (SSSR count). The standard InChI is InChI=1S/C11H7BrN2O3S2/c12-8-2-1-3-9(11(8)15)14-19(16,17)10-5-4-7(6-13)18-10/h1-5,14-15H. The van der Waals surface area contributed by atoms with Crippen molar-refractivity contribution in [3.8, 4) is 11.8 Å². The Labute approximate surface area is 122 Å². The Morgan fingerprint density at radius 2 is 2.05 bits per heavy atom. The van der Waals surface area contributed by atoms with Gasteiger partial charge in [0.15, 0.2) is 5.75 Å². The molecule has 0 bridgehead atoms. The van der Waals surface area contributed by atoms with Gasteiger partial charge in [-0.2, -0.15) is 5.26 Å². The van der Waals surface area contributed by atoms with E-state index < -0.39 is 10.0 Å². The maximum absolute atomic E-state index is 12.1. The van der Waals surface area contributed by atoms with Gasteiger partial charge in [-0.15, -0.1) is 11.3 Å². The van der Waals surface area contributed by atoms with E-state index in [-0.39, 0.29) is 15.6 Å². The van der Waals surface area contributed by atoms with E-state index in [9.17, 15) is 13.5 Å². The molecule has 0 saturated carbocycles. The van der Waals surface area contributed by atoms with Gasteiger partial charge in [-0.3, -0.25) is 4.72 Å². The maximum atomic E-state index is 12.1. The number of hydrogen-bond acceptors (Lipinski definition) is 5. The predicted molar refractivity (Wildman–Crippen MR) is 75.6 cm³/mol. The first kappa shape index (κ1) is 13.9. The van der Waals surface area contributed by atoms with Crippen molar-refractivity contribution in [3.05, 3.63) is 39.7 Å². The lowest BCUT2D eigenvalue weighted by molar-refractivity contribution is 0.474. The van der Waals surface area contributed by atoms with Crippen molar-refractivity contribution in [1.29, 1.82) is 5.26 Å². The molecule has 0 aliphatic rings. The van der Waals surface area contributed by atoms with E-state index in [0.29, 0.717) is 9.35 Å². The molecule has 2 N–H and O–H groups in total. The highest BCUT2D eigenvalue weighted by molar-refractivity contribution is 9.10. The first-order valence-electron chi connectivity index (χ1n) is 4.94. The number of anilines is 1. The van der Waals surface area contributed by atoms with Crippen LogP contribution in [0.25, 0.3) is 0 Å². The Balaban J connectivity index is 2.37. The van der Waals surface area contributed by atoms with Gasteiger partial charge in [0.2, 0.25) is 0 Å². The third-order valence-corrected chi connectivity index (χ3v) is 5.67. The summed E-state index contributed by atoms with van der Waals surface area (Å²) in [5.74, 6) is -0.192. The van der Waals surface area contributed by atoms with Gasteiger partial charge >= 0.3 is 0 Å². The highest BCUT2D eigenvalue weighted by Crippen LogP contribution is 2.33. The zero-order valence-corrected chi connectivity index (χ0v) is 12.5. The molecule has 0 spiro atoms. The van der Waals surface area contributed by atoms with E-state index in [2.05, 4.69) is 20.7 Å². The summed E-state index contributed by atoms with van der Waals surface area (Å²) >= 11 is 3.96. The number of phenolic OH excluding ortho intramolecular Hbond substituents is 1. The second kappa shape index (κ2) is 5.21. The third-order valence-electron chi connectivity index (χ3n) is 2.19. The number of phenols is 1. The zero-order chi connectivity index (χ0) is 14.0. The average Bonchev–Trinajstić information content (AvgIpc) is 2.84. The van der Waals surface area contributed by atoms with E-state index in [1.54, 1.807) is 12.1 Å². The topological polar surface area (TPSA) is 90.2 Å². The fourth-order valence-electron chi connectivity index (χ4n) is 1.32. The smallest absolute Gasteiger partial charge is 0.271 e. The van der Waals surface area contributed by atoms with Crippen molar-refractivity contribution in [2.45, 2.75) is 4.21 Å². The molecule has 0 aliphatic carbocycles. The molecule has 0 aliphatic heterocycles. The van der Waals surface area contributed by atoms with Gasteiger partial charge in [0, 0.05) is 0 Å². The SMILES string of the molecule is N#Cc1ccc(S(=O)(=O)Nc2cccc(Br)c2O)s1. The summed E-state index contributed by atoms with van der Waals surface area (Å²) in [5.41, 5.74) is 0.0706. The quantitative estimate of drug-likeness (QED) is 0.825. The Kier molecular flexibility index (Phi) is 3.80. The van der Waals surface area contributed by atoms with Gasteiger partial charge in [0.25, 0.3) is 10.0 Å². The van der Waals surface area contributed by atoms with Gasteiger partial charge in [-0.25, -0.2) is 8.42 Å². The fraction of sp³-hybridized carbons (Fsp3) is 0. The molecule has 1 aromatic heterocycles. The normalized spacial score (nSPS) is 10.9. The van der Waals surface area contributed by atoms with Crippen molar-refractivity contribution < 1.29 is 13.5 Å². The van der Waals surface area contributed by atoms with E-state index in [1.165, 1.54) is 18.2 Å². The molecule has 98 valence electrons. The fourth-order valence-corrected chi connectivity index (χ4v) is 3.85. The molecule has 2 aromatic rings. The van der Waals surface area contributed by atoms with Crippen molar-refractivity contribution in [2.75, 3.05) is 4.72 Å². The number of nitrogens with one attached hydrogen (secondary N) is 1. The summed E-state index contributed by atoms with van der Waals surface area (Å²) in [6.07, 6.45) is 0.